The summed E-state index contributed by atoms with van der Waals surface area (Å²) in [5.41, 5.74) is 6.66. The molecule has 0 unspecified atom stereocenters. The van der Waals surface area contributed by atoms with Crippen LogP contribution in [0.3, 0.4) is 0 Å². The lowest BCUT2D eigenvalue weighted by Crippen LogP contribution is -2.28. The van der Waals surface area contributed by atoms with Crippen LogP contribution in [0.5, 0.6) is 0 Å². The second-order valence-electron chi connectivity index (χ2n) is 3.74. The van der Waals surface area contributed by atoms with E-state index >= 15 is 0 Å². The van der Waals surface area contributed by atoms with Gasteiger partial charge in [0.1, 0.15) is 0 Å². The third-order valence-corrected chi connectivity index (χ3v) is 2.26. The van der Waals surface area contributed by atoms with Gasteiger partial charge in [-0.05, 0) is 24.3 Å². The van der Waals surface area contributed by atoms with Gasteiger partial charge < -0.3 is 21.5 Å². The zero-order valence-electron chi connectivity index (χ0n) is 10.4. The van der Waals surface area contributed by atoms with E-state index in [0.29, 0.717) is 25.2 Å². The maximum absolute atomic E-state index is 11.6. The summed E-state index contributed by atoms with van der Waals surface area (Å²) in [7, 11) is 0. The first-order valence-electron chi connectivity index (χ1n) is 5.85. The molecule has 5 N–H and O–H groups in total. The van der Waals surface area contributed by atoms with Crippen LogP contribution >= 0.6 is 0 Å². The maximum atomic E-state index is 11.6. The third kappa shape index (κ3) is 5.69. The number of hydrogen-bond donors (Lipinski definition) is 4. The topological polar surface area (TPSA) is 104 Å². The second-order valence-corrected chi connectivity index (χ2v) is 3.74. The number of hydrogen-bond acceptors (Lipinski definition) is 4. The highest BCUT2D eigenvalue weighted by Crippen LogP contribution is 2.09. The van der Waals surface area contributed by atoms with Gasteiger partial charge in [-0.15, -0.1) is 0 Å². The van der Waals surface area contributed by atoms with E-state index in [0.717, 1.165) is 11.8 Å². The molecule has 0 bridgehead atoms. The van der Waals surface area contributed by atoms with Crippen LogP contribution in [-0.4, -0.2) is 36.6 Å². The summed E-state index contributed by atoms with van der Waals surface area (Å²) in [6.07, 6.45) is 2.58. The molecular weight excluding hydrogens is 246 g/mol. The first kappa shape index (κ1) is 14.7. The van der Waals surface area contributed by atoms with Gasteiger partial charge in [0.15, 0.2) is 0 Å². The summed E-state index contributed by atoms with van der Waals surface area (Å²) in [4.78, 5) is 21.8. The van der Waals surface area contributed by atoms with E-state index in [1.54, 1.807) is 24.3 Å². The van der Waals surface area contributed by atoms with Gasteiger partial charge in [-0.25, -0.2) is 4.79 Å². The molecule has 1 aromatic carbocycles. The number of rotatable bonds is 7. The molecule has 1 amide bonds. The Kier molecular flexibility index (Phi) is 6.11. The van der Waals surface area contributed by atoms with Crippen LogP contribution in [0.2, 0.25) is 0 Å². The van der Waals surface area contributed by atoms with Crippen molar-refractivity contribution in [1.29, 1.82) is 0 Å². The van der Waals surface area contributed by atoms with Crippen molar-refractivity contribution in [2.75, 3.05) is 25.0 Å². The average Bonchev–Trinajstić information content (AvgIpc) is 2.41. The van der Waals surface area contributed by atoms with Crippen LogP contribution in [-0.2, 0) is 4.79 Å². The Labute approximate surface area is 111 Å². The Hall–Kier alpha value is -2.34. The highest BCUT2D eigenvalue weighted by atomic mass is 16.4. The second kappa shape index (κ2) is 7.88. The van der Waals surface area contributed by atoms with Crippen LogP contribution < -0.4 is 16.4 Å². The molecule has 0 spiro atoms. The Morgan fingerprint density at radius 3 is 2.53 bits per heavy atom. The number of nitrogens with two attached hydrogens (primary N) is 1. The van der Waals surface area contributed by atoms with E-state index in [1.807, 2.05) is 0 Å². The van der Waals surface area contributed by atoms with Crippen molar-refractivity contribution in [2.45, 2.75) is 0 Å². The Balaban J connectivity index is 2.47. The Morgan fingerprint density at radius 2 is 1.95 bits per heavy atom. The number of amides is 1. The number of nitrogens with one attached hydrogen (secondary N) is 2. The normalized spacial score (nSPS) is 10.4. The van der Waals surface area contributed by atoms with Crippen molar-refractivity contribution >= 4 is 17.6 Å². The zero-order valence-corrected chi connectivity index (χ0v) is 10.4. The smallest absolute Gasteiger partial charge is 0.328 e. The minimum atomic E-state index is -0.978. The fourth-order valence-electron chi connectivity index (χ4n) is 1.36. The molecule has 6 nitrogen and oxygen atoms in total. The number of carboxylic acid groups (broad SMARTS) is 1. The molecule has 1 aromatic rings. The fraction of sp³-hybridized carbons (Fsp3) is 0.231. The van der Waals surface area contributed by atoms with E-state index in [1.165, 1.54) is 6.08 Å². The summed E-state index contributed by atoms with van der Waals surface area (Å²) in [6.45, 7) is 1.26. The molecule has 0 saturated heterocycles. The molecule has 0 atom stereocenters. The number of benzene rings is 1. The van der Waals surface area contributed by atoms with Crippen molar-refractivity contribution in [1.82, 2.24) is 5.32 Å². The van der Waals surface area contributed by atoms with Crippen LogP contribution in [0.1, 0.15) is 10.4 Å². The molecule has 6 heteroatoms. The highest BCUT2D eigenvalue weighted by Gasteiger charge is 2.03. The van der Waals surface area contributed by atoms with Gasteiger partial charge in [-0.2, -0.15) is 0 Å². The van der Waals surface area contributed by atoms with Gasteiger partial charge in [0.2, 0.25) is 0 Å². The van der Waals surface area contributed by atoms with E-state index in [9.17, 15) is 9.59 Å². The predicted molar refractivity (Wildman–Crippen MR) is 73.1 cm³/mol. The quantitative estimate of drug-likeness (QED) is 0.534. The molecular formula is C13H17N3O3. The van der Waals surface area contributed by atoms with Crippen molar-refractivity contribution < 1.29 is 14.7 Å². The van der Waals surface area contributed by atoms with Crippen LogP contribution in [0.15, 0.2) is 36.4 Å². The molecule has 19 heavy (non-hydrogen) atoms. The van der Waals surface area contributed by atoms with Gasteiger partial charge in [0.05, 0.1) is 0 Å². The number of aliphatic carboxylic acids is 1. The third-order valence-electron chi connectivity index (χ3n) is 2.26. The molecule has 0 aliphatic carbocycles. The minimum Gasteiger partial charge on any atom is -0.478 e. The van der Waals surface area contributed by atoms with Crippen LogP contribution in [0, 0.1) is 0 Å². The standard InChI is InChI=1S/C13H17N3O3/c14-7-9-16-13(19)10-3-5-11(6-4-10)15-8-1-2-12(17)18/h1-6,15H,7-9,14H2,(H,16,19)(H,17,18)/b2-1+. The predicted octanol–water partition coefficient (Wildman–Crippen LogP) is 0.428. The first-order chi connectivity index (χ1) is 9.13. The minimum absolute atomic E-state index is 0.164. The Morgan fingerprint density at radius 1 is 1.26 bits per heavy atom. The number of carbonyl (C=O) groups is 2. The number of carbonyl (C=O) groups excluding carboxylic acids is 1. The lowest BCUT2D eigenvalue weighted by Gasteiger charge is -2.06. The monoisotopic (exact) mass is 263 g/mol. The molecule has 0 saturated carbocycles. The fourth-order valence-corrected chi connectivity index (χ4v) is 1.36. The molecule has 0 aliphatic rings. The van der Waals surface area contributed by atoms with Crippen LogP contribution in [0.4, 0.5) is 5.69 Å². The largest absolute Gasteiger partial charge is 0.478 e. The van der Waals surface area contributed by atoms with E-state index in [-0.39, 0.29) is 5.91 Å². The van der Waals surface area contributed by atoms with Gasteiger partial charge in [0, 0.05) is 37.0 Å². The highest BCUT2D eigenvalue weighted by molar-refractivity contribution is 5.94. The van der Waals surface area contributed by atoms with Crippen molar-refractivity contribution in [3.8, 4) is 0 Å². The van der Waals surface area contributed by atoms with Gasteiger partial charge >= 0.3 is 5.97 Å². The summed E-state index contributed by atoms with van der Waals surface area (Å²) >= 11 is 0. The molecule has 0 aliphatic heterocycles. The maximum Gasteiger partial charge on any atom is 0.328 e. The molecule has 0 radical (unpaired) electrons. The molecule has 0 heterocycles. The van der Waals surface area contributed by atoms with Crippen LogP contribution in [0.25, 0.3) is 0 Å². The summed E-state index contributed by atoms with van der Waals surface area (Å²) < 4.78 is 0. The lowest BCUT2D eigenvalue weighted by molar-refractivity contribution is -0.131. The SMILES string of the molecule is NCCNC(=O)c1ccc(NC/C=C/C(=O)O)cc1. The molecule has 1 rings (SSSR count). The van der Waals surface area contributed by atoms with E-state index in [2.05, 4.69) is 10.6 Å². The number of carboxylic acids is 1. The van der Waals surface area contributed by atoms with Crippen molar-refractivity contribution in [3.05, 3.63) is 42.0 Å². The van der Waals surface area contributed by atoms with Gasteiger partial charge in [0.25, 0.3) is 5.91 Å². The zero-order chi connectivity index (χ0) is 14.1. The molecule has 102 valence electrons. The summed E-state index contributed by atoms with van der Waals surface area (Å²) in [5.74, 6) is -1.14. The first-order valence-corrected chi connectivity index (χ1v) is 5.85. The Bertz CT molecular complexity index is 455. The molecule has 0 fully saturated rings. The summed E-state index contributed by atoms with van der Waals surface area (Å²) in [6, 6.07) is 6.89. The van der Waals surface area contributed by atoms with E-state index in [4.69, 9.17) is 10.8 Å². The van der Waals surface area contributed by atoms with Gasteiger partial charge in [-0.3, -0.25) is 4.79 Å². The van der Waals surface area contributed by atoms with Gasteiger partial charge in [-0.1, -0.05) is 6.08 Å². The lowest BCUT2D eigenvalue weighted by atomic mass is 10.2. The van der Waals surface area contributed by atoms with Crippen molar-refractivity contribution in [3.63, 3.8) is 0 Å². The van der Waals surface area contributed by atoms with Crippen molar-refractivity contribution in [2.24, 2.45) is 5.73 Å². The molecule has 0 aromatic heterocycles. The summed E-state index contributed by atoms with van der Waals surface area (Å²) in [5, 5.41) is 14.1. The number of anilines is 1. The average molecular weight is 263 g/mol. The van der Waals surface area contributed by atoms with E-state index < -0.39 is 5.97 Å².